The summed E-state index contributed by atoms with van der Waals surface area (Å²) in [4.78, 5) is 15.9. The summed E-state index contributed by atoms with van der Waals surface area (Å²) in [6.07, 6.45) is 0. The van der Waals surface area contributed by atoms with Gasteiger partial charge >= 0.3 is 0 Å². The third-order valence-corrected chi connectivity index (χ3v) is 21.7. The lowest BCUT2D eigenvalue weighted by atomic mass is 9.29. The number of nitrogens with zero attached hydrogens (tertiary/aromatic N) is 8. The maximum absolute atomic E-state index is 11.3. The van der Waals surface area contributed by atoms with Gasteiger partial charge in [-0.1, -0.05) is 177 Å². The zero-order chi connectivity index (χ0) is 68.2. The van der Waals surface area contributed by atoms with Crippen molar-refractivity contribution in [1.29, 1.82) is 10.5 Å². The molecular formula is C85H79B3N8O. The highest BCUT2D eigenvalue weighted by Crippen LogP contribution is 2.50. The molecule has 97 heavy (non-hydrogen) atoms. The van der Waals surface area contributed by atoms with E-state index in [1.807, 2.05) is 12.1 Å². The number of rotatable bonds is 3. The summed E-state index contributed by atoms with van der Waals surface area (Å²) in [5.41, 5.74) is 30.5. The monoisotopic (exact) mass is 1260 g/mol. The second-order valence-electron chi connectivity index (χ2n) is 33.0. The van der Waals surface area contributed by atoms with Crippen LogP contribution >= 0.6 is 0 Å². The molecule has 0 amide bonds. The van der Waals surface area contributed by atoms with E-state index in [0.717, 1.165) is 118 Å². The predicted molar refractivity (Wildman–Crippen MR) is 409 cm³/mol. The molecule has 6 heterocycles. The van der Waals surface area contributed by atoms with Gasteiger partial charge < -0.3 is 29.2 Å². The number of anilines is 13. The van der Waals surface area contributed by atoms with E-state index in [1.54, 1.807) is 0 Å². The lowest BCUT2D eigenvalue weighted by Crippen LogP contribution is -2.66. The Morgan fingerprint density at radius 2 is 0.670 bits per heavy atom. The highest BCUT2D eigenvalue weighted by molar-refractivity contribution is 7.04. The van der Waals surface area contributed by atoms with E-state index < -0.39 is 0 Å². The Labute approximate surface area is 574 Å². The van der Waals surface area contributed by atoms with Crippen LogP contribution in [0.5, 0.6) is 11.5 Å². The van der Waals surface area contributed by atoms with Gasteiger partial charge in [-0.3, -0.25) is 0 Å². The first kappa shape index (κ1) is 61.5. The van der Waals surface area contributed by atoms with E-state index in [4.69, 9.17) is 11.3 Å². The highest BCUT2D eigenvalue weighted by atomic mass is 16.5. The van der Waals surface area contributed by atoms with Gasteiger partial charge in [-0.05, 0) is 201 Å². The maximum Gasteiger partial charge on any atom is 0.256 e. The largest absolute Gasteiger partial charge is 0.460 e. The molecule has 10 aromatic carbocycles. The van der Waals surface area contributed by atoms with Crippen LogP contribution in [0.15, 0.2) is 170 Å². The van der Waals surface area contributed by atoms with Crippen LogP contribution in [0.1, 0.15) is 143 Å². The first-order chi connectivity index (χ1) is 45.9. The van der Waals surface area contributed by atoms with E-state index in [0.29, 0.717) is 22.6 Å². The van der Waals surface area contributed by atoms with Gasteiger partial charge in [-0.25, -0.2) is 4.85 Å². The number of nitriles is 2. The minimum absolute atomic E-state index is 0.0555. The molecule has 0 saturated carbocycles. The summed E-state index contributed by atoms with van der Waals surface area (Å²) in [5, 5.41) is 22.6. The van der Waals surface area contributed by atoms with E-state index in [-0.39, 0.29) is 47.2 Å². The second kappa shape index (κ2) is 20.8. The summed E-state index contributed by atoms with van der Waals surface area (Å²) in [7, 11) is 4.32. The summed E-state index contributed by atoms with van der Waals surface area (Å²) in [6, 6.07) is 68.6. The van der Waals surface area contributed by atoms with Crippen LogP contribution in [0, 0.1) is 29.2 Å². The topological polar surface area (TPSA) is 77.4 Å². The predicted octanol–water partition coefficient (Wildman–Crippen LogP) is 15.6. The first-order valence-electron chi connectivity index (χ1n) is 34.2. The third kappa shape index (κ3) is 9.32. The van der Waals surface area contributed by atoms with Crippen molar-refractivity contribution in [2.24, 2.45) is 0 Å². The lowest BCUT2D eigenvalue weighted by molar-refractivity contribution is 0.486. The summed E-state index contributed by atoms with van der Waals surface area (Å²) in [5.74, 6) is 1.50. The molecule has 0 radical (unpaired) electrons. The molecule has 0 aliphatic carbocycles. The third-order valence-electron chi connectivity index (χ3n) is 21.7. The Morgan fingerprint density at radius 1 is 0.330 bits per heavy atom. The minimum atomic E-state index is -0.335. The zero-order valence-corrected chi connectivity index (χ0v) is 58.9. The summed E-state index contributed by atoms with van der Waals surface area (Å²) < 4.78 is 6.96. The molecule has 6 aliphatic rings. The van der Waals surface area contributed by atoms with E-state index in [1.165, 1.54) is 38.7 Å². The van der Waals surface area contributed by atoms with Crippen molar-refractivity contribution < 1.29 is 4.74 Å². The molecule has 6 aliphatic heterocycles. The Morgan fingerprint density at radius 3 is 1.08 bits per heavy atom. The fourth-order valence-electron chi connectivity index (χ4n) is 16.4. The van der Waals surface area contributed by atoms with Crippen LogP contribution in [0.2, 0.25) is 0 Å². The number of benzene rings is 10. The van der Waals surface area contributed by atoms with Gasteiger partial charge in [0.05, 0.1) is 29.8 Å². The molecule has 10 aromatic rings. The molecule has 12 heteroatoms. The maximum atomic E-state index is 11.3. The number of ether oxygens (including phenoxy) is 1. The molecule has 0 N–H and O–H groups in total. The zero-order valence-electron chi connectivity index (χ0n) is 58.9. The quantitative estimate of drug-likeness (QED) is 0.128. The Kier molecular flexibility index (Phi) is 13.2. The van der Waals surface area contributed by atoms with Crippen molar-refractivity contribution in [2.45, 2.75) is 131 Å². The van der Waals surface area contributed by atoms with Crippen LogP contribution in [-0.2, 0) is 27.1 Å². The molecule has 0 unspecified atom stereocenters. The molecule has 0 aromatic heterocycles. The van der Waals surface area contributed by atoms with Crippen molar-refractivity contribution in [2.75, 3.05) is 38.6 Å². The highest BCUT2D eigenvalue weighted by Gasteiger charge is 2.51. The van der Waals surface area contributed by atoms with Gasteiger partial charge in [0.25, 0.3) is 20.1 Å². The van der Waals surface area contributed by atoms with Gasteiger partial charge in [-0.15, -0.1) is 0 Å². The average molecular weight is 1260 g/mol. The molecule has 0 bridgehead atoms. The summed E-state index contributed by atoms with van der Waals surface area (Å²) in [6.45, 7) is 41.6. The molecule has 474 valence electrons. The second-order valence-corrected chi connectivity index (χ2v) is 33.0. The SMILES string of the molecule is [C-]#[N+]c1cc2c3c(c1)N(C)c1cc4c(cc1B3c1cc(C(C)(C)C)ccc1O2)B1c2cc3c(cc2N(C)c2cc(C#N)cc(c21)N4c1ccc(C(C)(C)C)cc1)N(c1ccc(C(C)(C)C)cc1)c1cc(C#N)cc2c1B3c1cc(C(C)(C)C)ccc1N2c1ccc(C(C)(C)C)cc1. The Bertz CT molecular complexity index is 5210. The van der Waals surface area contributed by atoms with Crippen LogP contribution < -0.4 is 78.4 Å². The smallest absolute Gasteiger partial charge is 0.256 e. The minimum Gasteiger partial charge on any atom is -0.460 e. The van der Waals surface area contributed by atoms with Gasteiger partial charge in [-0.2, -0.15) is 10.5 Å². The van der Waals surface area contributed by atoms with E-state index >= 15 is 0 Å². The van der Waals surface area contributed by atoms with Gasteiger partial charge in [0.1, 0.15) is 11.5 Å². The molecule has 0 spiro atoms. The van der Waals surface area contributed by atoms with Crippen LogP contribution in [-0.4, -0.2) is 34.2 Å². The Hall–Kier alpha value is -10.3. The van der Waals surface area contributed by atoms with E-state index in [9.17, 15) is 10.5 Å². The fraction of sp³-hybridized carbons (Fsp3) is 0.259. The average Bonchev–Trinajstić information content (AvgIpc) is 0.690. The van der Waals surface area contributed by atoms with Crippen LogP contribution in [0.4, 0.5) is 79.6 Å². The normalized spacial score (nSPS) is 14.5. The van der Waals surface area contributed by atoms with E-state index in [2.05, 4.69) is 317 Å². The number of fused-ring (bicyclic) bond motifs is 12. The summed E-state index contributed by atoms with van der Waals surface area (Å²) >= 11 is 0. The molecule has 9 nitrogen and oxygen atoms in total. The molecule has 0 atom stereocenters. The lowest BCUT2D eigenvalue weighted by Gasteiger charge is -2.47. The molecular weight excluding hydrogens is 1180 g/mol. The number of hydrogen-bond donors (Lipinski definition) is 0. The fourth-order valence-corrected chi connectivity index (χ4v) is 16.4. The van der Waals surface area contributed by atoms with Crippen molar-refractivity contribution in [3.05, 3.63) is 220 Å². The number of hydrogen-bond acceptors (Lipinski definition) is 8. The van der Waals surface area contributed by atoms with Crippen LogP contribution in [0.3, 0.4) is 0 Å². The van der Waals surface area contributed by atoms with Gasteiger partial charge in [0, 0.05) is 88.0 Å². The van der Waals surface area contributed by atoms with Gasteiger partial charge in [0.2, 0.25) is 0 Å². The molecule has 16 rings (SSSR count). The Balaban J connectivity index is 1.02. The molecule has 0 saturated heterocycles. The van der Waals surface area contributed by atoms with Crippen molar-refractivity contribution >= 4 is 149 Å². The van der Waals surface area contributed by atoms with Crippen molar-refractivity contribution in [3.63, 3.8) is 0 Å². The first-order valence-corrected chi connectivity index (χ1v) is 34.2. The van der Waals surface area contributed by atoms with Crippen molar-refractivity contribution in [1.82, 2.24) is 0 Å². The van der Waals surface area contributed by atoms with Gasteiger partial charge in [0.15, 0.2) is 5.69 Å². The molecule has 0 fully saturated rings. The standard InChI is InChI=1S/C85H79B3N8O/c1-81(2,3)51-19-27-57(28-20-51)94-66-33-25-54(84(10,11)12)39-60(66)86-63-43-61-67(45-69(63)96(59-31-23-53(24-32-59)83(7,8)9)75-38-50(48-90)37-74(94)79(75)86)92(17)71-35-49(47-89)36-73-78(71)87(61)64-44-62-68(46-70(64)95(73)58-29-21-52(22-30-58)82(4,5)6)93(18)72-41-56(91-16)42-77-80(72)88(62)65-40-55(85(13,14)15)26-34-76(65)97-77/h19-46H,1-15,17-18H3. The van der Waals surface area contributed by atoms with Crippen molar-refractivity contribution in [3.8, 4) is 23.6 Å². The van der Waals surface area contributed by atoms with Crippen LogP contribution in [0.25, 0.3) is 4.85 Å².